The Kier molecular flexibility index (Phi) is 5.61. The fourth-order valence-electron chi connectivity index (χ4n) is 3.18. The predicted molar refractivity (Wildman–Crippen MR) is 99.4 cm³/mol. The van der Waals surface area contributed by atoms with Crippen LogP contribution in [0.2, 0.25) is 0 Å². The molecule has 0 saturated carbocycles. The van der Waals surface area contributed by atoms with Crippen molar-refractivity contribution in [3.63, 3.8) is 0 Å². The highest BCUT2D eigenvalue weighted by molar-refractivity contribution is 5.73. The molecule has 2 amide bonds. The third kappa shape index (κ3) is 4.63. The van der Waals surface area contributed by atoms with Crippen molar-refractivity contribution in [2.75, 3.05) is 20.6 Å². The Morgan fingerprint density at radius 2 is 2.12 bits per heavy atom. The van der Waals surface area contributed by atoms with E-state index in [1.807, 2.05) is 4.68 Å². The van der Waals surface area contributed by atoms with Gasteiger partial charge in [0.15, 0.2) is 0 Å². The maximum absolute atomic E-state index is 11.6. The number of hydrogen-bond donors (Lipinski definition) is 2. The lowest BCUT2D eigenvalue weighted by atomic mass is 10.1. The molecule has 0 spiro atoms. The van der Waals surface area contributed by atoms with Gasteiger partial charge in [-0.1, -0.05) is 13.8 Å². The van der Waals surface area contributed by atoms with Gasteiger partial charge in [0.25, 0.3) is 0 Å². The lowest BCUT2D eigenvalue weighted by Gasteiger charge is -2.26. The zero-order chi connectivity index (χ0) is 18.7. The number of hydrogen-bond acceptors (Lipinski definition) is 4. The largest absolute Gasteiger partial charge is 0.332 e. The summed E-state index contributed by atoms with van der Waals surface area (Å²) in [5, 5.41) is 15.0. The van der Waals surface area contributed by atoms with Crippen molar-refractivity contribution in [1.29, 1.82) is 0 Å². The van der Waals surface area contributed by atoms with Crippen molar-refractivity contribution in [1.82, 2.24) is 35.1 Å². The maximum atomic E-state index is 11.6. The molecular formula is C18H29N7O. The van der Waals surface area contributed by atoms with E-state index in [-0.39, 0.29) is 6.03 Å². The second kappa shape index (κ2) is 7.90. The molecule has 0 radical (unpaired) electrons. The van der Waals surface area contributed by atoms with Gasteiger partial charge in [-0.05, 0) is 24.5 Å². The van der Waals surface area contributed by atoms with E-state index in [9.17, 15) is 4.79 Å². The van der Waals surface area contributed by atoms with E-state index in [0.29, 0.717) is 12.5 Å². The molecule has 0 aliphatic carbocycles. The summed E-state index contributed by atoms with van der Waals surface area (Å²) in [6.45, 7) is 8.41. The monoisotopic (exact) mass is 359 g/mol. The van der Waals surface area contributed by atoms with E-state index < -0.39 is 0 Å². The molecule has 3 heterocycles. The van der Waals surface area contributed by atoms with Gasteiger partial charge >= 0.3 is 6.03 Å². The molecule has 8 heteroatoms. The average molecular weight is 359 g/mol. The highest BCUT2D eigenvalue weighted by atomic mass is 16.2. The fourth-order valence-corrected chi connectivity index (χ4v) is 3.18. The van der Waals surface area contributed by atoms with Gasteiger partial charge in [0.05, 0.1) is 30.2 Å². The first-order valence-electron chi connectivity index (χ1n) is 9.17. The van der Waals surface area contributed by atoms with E-state index in [1.54, 1.807) is 14.1 Å². The Labute approximate surface area is 154 Å². The Morgan fingerprint density at radius 3 is 2.85 bits per heavy atom. The number of urea groups is 1. The summed E-state index contributed by atoms with van der Waals surface area (Å²) in [6.07, 6.45) is 1.01. The zero-order valence-corrected chi connectivity index (χ0v) is 16.1. The molecule has 142 valence electrons. The van der Waals surface area contributed by atoms with Crippen LogP contribution in [0.1, 0.15) is 36.6 Å². The van der Waals surface area contributed by atoms with E-state index in [2.05, 4.69) is 51.5 Å². The molecule has 0 aromatic carbocycles. The second-order valence-corrected chi connectivity index (χ2v) is 7.60. The highest BCUT2D eigenvalue weighted by Crippen LogP contribution is 2.16. The molecule has 2 aromatic heterocycles. The summed E-state index contributed by atoms with van der Waals surface area (Å²) >= 11 is 0. The number of fused-ring (bicyclic) bond motifs is 1. The highest BCUT2D eigenvalue weighted by Gasteiger charge is 2.19. The topological polar surface area (TPSA) is 82.1 Å². The summed E-state index contributed by atoms with van der Waals surface area (Å²) in [5.41, 5.74) is 4.38. The van der Waals surface area contributed by atoms with Crippen LogP contribution < -0.4 is 5.32 Å². The minimum atomic E-state index is -0.103. The molecule has 0 unspecified atom stereocenters. The molecule has 0 fully saturated rings. The summed E-state index contributed by atoms with van der Waals surface area (Å²) in [6, 6.07) is 4.15. The number of H-pyrrole nitrogens is 1. The number of rotatable bonds is 6. The quantitative estimate of drug-likeness (QED) is 0.821. The van der Waals surface area contributed by atoms with E-state index in [4.69, 9.17) is 0 Å². The van der Waals surface area contributed by atoms with Crippen LogP contribution in [0.5, 0.6) is 0 Å². The van der Waals surface area contributed by atoms with Gasteiger partial charge < -0.3 is 10.2 Å². The third-order valence-corrected chi connectivity index (χ3v) is 4.45. The predicted octanol–water partition coefficient (Wildman–Crippen LogP) is 1.59. The lowest BCUT2D eigenvalue weighted by Crippen LogP contribution is -2.34. The Balaban J connectivity index is 1.56. The van der Waals surface area contributed by atoms with E-state index >= 15 is 0 Å². The van der Waals surface area contributed by atoms with Crippen molar-refractivity contribution < 1.29 is 4.79 Å². The SMILES string of the molecule is CC(C)Cc1cc(CN2CCn3nc(CNC(=O)N(C)C)cc3C2)[nH]n1. The molecule has 3 rings (SSSR count). The maximum Gasteiger partial charge on any atom is 0.317 e. The lowest BCUT2D eigenvalue weighted by molar-refractivity contribution is 0.202. The zero-order valence-electron chi connectivity index (χ0n) is 16.1. The van der Waals surface area contributed by atoms with Gasteiger partial charge in [0, 0.05) is 39.4 Å². The number of carbonyl (C=O) groups excluding carboxylic acids is 1. The van der Waals surface area contributed by atoms with Crippen LogP contribution in [0, 0.1) is 5.92 Å². The van der Waals surface area contributed by atoms with E-state index in [0.717, 1.165) is 49.7 Å². The second-order valence-electron chi connectivity index (χ2n) is 7.60. The van der Waals surface area contributed by atoms with Crippen molar-refractivity contribution >= 4 is 6.03 Å². The van der Waals surface area contributed by atoms with Crippen LogP contribution in [0.15, 0.2) is 12.1 Å². The van der Waals surface area contributed by atoms with Crippen molar-refractivity contribution in [2.24, 2.45) is 5.92 Å². The molecule has 2 aromatic rings. The fraction of sp³-hybridized carbons (Fsp3) is 0.611. The molecule has 1 aliphatic rings. The van der Waals surface area contributed by atoms with Gasteiger partial charge in [-0.25, -0.2) is 4.79 Å². The molecule has 0 saturated heterocycles. The number of amides is 2. The first-order chi connectivity index (χ1) is 12.4. The molecule has 0 bridgehead atoms. The number of aromatic amines is 1. The van der Waals surface area contributed by atoms with Gasteiger partial charge in [-0.15, -0.1) is 0 Å². The summed E-state index contributed by atoms with van der Waals surface area (Å²) in [5.74, 6) is 0.613. The molecule has 2 N–H and O–H groups in total. The standard InChI is InChI=1S/C18H29N7O/c1-13(2)7-14-8-16(21-20-14)11-24-5-6-25-17(12-24)9-15(22-25)10-19-18(26)23(3)4/h8-9,13H,5-7,10-12H2,1-4H3,(H,19,26)(H,20,21). The van der Waals surface area contributed by atoms with Crippen LogP contribution >= 0.6 is 0 Å². The number of aromatic nitrogens is 4. The smallest absolute Gasteiger partial charge is 0.317 e. The van der Waals surface area contributed by atoms with E-state index in [1.165, 1.54) is 10.6 Å². The van der Waals surface area contributed by atoms with Gasteiger partial charge in [0.1, 0.15) is 0 Å². The minimum absolute atomic E-state index is 0.103. The van der Waals surface area contributed by atoms with Gasteiger partial charge in [-0.2, -0.15) is 10.2 Å². The molecule has 1 aliphatic heterocycles. The average Bonchev–Trinajstić information content (AvgIpc) is 3.17. The molecular weight excluding hydrogens is 330 g/mol. The Morgan fingerprint density at radius 1 is 1.31 bits per heavy atom. The molecule has 0 atom stereocenters. The minimum Gasteiger partial charge on any atom is -0.332 e. The van der Waals surface area contributed by atoms with Gasteiger partial charge in [-0.3, -0.25) is 14.7 Å². The van der Waals surface area contributed by atoms with Crippen LogP contribution in [0.25, 0.3) is 0 Å². The van der Waals surface area contributed by atoms with Crippen molar-refractivity contribution in [3.8, 4) is 0 Å². The van der Waals surface area contributed by atoms with Crippen LogP contribution in [-0.2, 0) is 32.6 Å². The summed E-state index contributed by atoms with van der Waals surface area (Å²) < 4.78 is 2.05. The Bertz CT molecular complexity index is 747. The van der Waals surface area contributed by atoms with Crippen molar-refractivity contribution in [2.45, 2.75) is 46.4 Å². The summed E-state index contributed by atoms with van der Waals surface area (Å²) in [4.78, 5) is 15.6. The number of nitrogens with one attached hydrogen (secondary N) is 2. The normalized spacial score (nSPS) is 14.5. The number of nitrogens with zero attached hydrogens (tertiary/aromatic N) is 5. The van der Waals surface area contributed by atoms with Crippen molar-refractivity contribution in [3.05, 3.63) is 34.9 Å². The van der Waals surface area contributed by atoms with Crippen LogP contribution in [0.4, 0.5) is 4.79 Å². The van der Waals surface area contributed by atoms with Gasteiger partial charge in [0.2, 0.25) is 0 Å². The Hall–Kier alpha value is -2.35. The number of carbonyl (C=O) groups is 1. The van der Waals surface area contributed by atoms with Crippen LogP contribution in [-0.4, -0.2) is 56.4 Å². The molecule has 8 nitrogen and oxygen atoms in total. The summed E-state index contributed by atoms with van der Waals surface area (Å²) in [7, 11) is 3.46. The first kappa shape index (κ1) is 18.4. The van der Waals surface area contributed by atoms with Crippen LogP contribution in [0.3, 0.4) is 0 Å². The third-order valence-electron chi connectivity index (χ3n) is 4.45. The first-order valence-corrected chi connectivity index (χ1v) is 9.17. The molecule has 26 heavy (non-hydrogen) atoms.